The Morgan fingerprint density at radius 3 is 1.15 bits per heavy atom. The predicted octanol–water partition coefficient (Wildman–Crippen LogP) is 1.02. The molecule has 0 N–H and O–H groups in total. The summed E-state index contributed by atoms with van der Waals surface area (Å²) in [7, 11) is 0. The van der Waals surface area contributed by atoms with E-state index in [1.54, 1.807) is 0 Å². The molecule has 0 saturated heterocycles. The van der Waals surface area contributed by atoms with Gasteiger partial charge in [0.1, 0.15) is 0 Å². The van der Waals surface area contributed by atoms with Gasteiger partial charge in [-0.05, 0) is 26.0 Å². The number of carbonyl (C=O) groups excluding carboxylic acids is 2. The fourth-order valence-corrected chi connectivity index (χ4v) is 4.78. The molecule has 0 aliphatic heterocycles. The first-order chi connectivity index (χ1) is 12.7. The van der Waals surface area contributed by atoms with Crippen molar-refractivity contribution in [3.05, 3.63) is 84.3 Å². The van der Waals surface area contributed by atoms with Gasteiger partial charge in [0.2, 0.25) is 0 Å². The molecule has 0 aliphatic carbocycles. The Labute approximate surface area is 171 Å². The van der Waals surface area contributed by atoms with Crippen LogP contribution >= 0.6 is 0 Å². The van der Waals surface area contributed by atoms with Gasteiger partial charge in [-0.3, -0.25) is 9.59 Å². The minimum atomic E-state index is -0.517. The number of carbonyl (C=O) groups is 2. The number of ketones is 2. The Balaban J connectivity index is 0.000000416. The zero-order valence-corrected chi connectivity index (χ0v) is 18.9. The number of benzene rings is 2. The van der Waals surface area contributed by atoms with Crippen molar-refractivity contribution in [2.24, 2.45) is 0 Å². The third-order valence-corrected chi connectivity index (χ3v) is 6.20. The Hall–Kier alpha value is -2.34. The third kappa shape index (κ3) is 16.9. The molecule has 2 aromatic carbocycles. The van der Waals surface area contributed by atoms with E-state index >= 15 is 0 Å². The van der Waals surface area contributed by atoms with Crippen LogP contribution in [0.5, 0.6) is 0 Å². The molecule has 27 heavy (non-hydrogen) atoms. The fraction of sp³-hybridized carbons (Fsp3) is 0.182. The standard InChI is InChI=1S/2C6H5.2C5H8O2.Sn/c2*1-2-4-6-5-3-1;2*1-4(6)3-5(2)7;/h2*1-5H;2*3,6H,1-2H3;/q;;;;+2/p-2/b;;2*4-3-;. The molecule has 5 heteroatoms. The van der Waals surface area contributed by atoms with E-state index in [1.807, 2.05) is 0 Å². The van der Waals surface area contributed by atoms with Crippen LogP contribution < -0.4 is 17.4 Å². The van der Waals surface area contributed by atoms with Gasteiger partial charge in [0, 0.05) is 0 Å². The van der Waals surface area contributed by atoms with Crippen molar-refractivity contribution in [1.29, 1.82) is 0 Å². The maximum atomic E-state index is 9.98. The van der Waals surface area contributed by atoms with Gasteiger partial charge in [0.05, 0.1) is 0 Å². The molecule has 0 aromatic heterocycles. The Morgan fingerprint density at radius 2 is 0.963 bits per heavy atom. The molecule has 0 amide bonds. The van der Waals surface area contributed by atoms with Crippen molar-refractivity contribution in [2.45, 2.75) is 27.7 Å². The van der Waals surface area contributed by atoms with Crippen LogP contribution in [0.15, 0.2) is 84.3 Å². The van der Waals surface area contributed by atoms with Gasteiger partial charge in [0.25, 0.3) is 0 Å². The second-order valence-corrected chi connectivity index (χ2v) is 9.60. The van der Waals surface area contributed by atoms with Crippen LogP contribution in [0, 0.1) is 0 Å². The van der Waals surface area contributed by atoms with E-state index in [2.05, 4.69) is 60.7 Å². The number of rotatable bonds is 4. The normalized spacial score (nSPS) is 10.4. The van der Waals surface area contributed by atoms with Crippen molar-refractivity contribution in [1.82, 2.24) is 0 Å². The SMILES string of the molecule is CC(=O)/C=C(/C)[O-].CC(=O)/C=C(/C)[O-].c1cc[c]([Sn+2][c]2ccccc2)cc1. The molecule has 0 unspecified atom stereocenters. The van der Waals surface area contributed by atoms with E-state index in [-0.39, 0.29) is 23.1 Å². The molecule has 0 heterocycles. The Bertz CT molecular complexity index is 677. The average Bonchev–Trinajstić information content (AvgIpc) is 2.55. The van der Waals surface area contributed by atoms with Gasteiger partial charge in [-0.2, -0.15) is 0 Å². The van der Waals surface area contributed by atoms with Crippen LogP contribution in [-0.2, 0) is 9.59 Å². The zero-order valence-electron chi connectivity index (χ0n) is 16.1. The average molecular weight is 471 g/mol. The second-order valence-electron chi connectivity index (χ2n) is 5.59. The molecule has 0 atom stereocenters. The number of allylic oxidation sites excluding steroid dienone is 4. The zero-order chi connectivity index (χ0) is 20.7. The van der Waals surface area contributed by atoms with Crippen LogP contribution in [0.4, 0.5) is 0 Å². The van der Waals surface area contributed by atoms with Crippen LogP contribution in [0.1, 0.15) is 27.7 Å². The van der Waals surface area contributed by atoms with E-state index < -0.39 is 21.1 Å². The summed E-state index contributed by atoms with van der Waals surface area (Å²) in [5.74, 6) is -0.750. The summed E-state index contributed by atoms with van der Waals surface area (Å²) >= 11 is -0.517. The van der Waals surface area contributed by atoms with Crippen molar-refractivity contribution < 1.29 is 19.8 Å². The van der Waals surface area contributed by atoms with Crippen LogP contribution in [0.3, 0.4) is 0 Å². The quantitative estimate of drug-likeness (QED) is 0.379. The molecule has 2 rings (SSSR count). The molecule has 0 fully saturated rings. The summed E-state index contributed by atoms with van der Waals surface area (Å²) in [6, 6.07) is 21.6. The van der Waals surface area contributed by atoms with E-state index in [4.69, 9.17) is 0 Å². The van der Waals surface area contributed by atoms with Gasteiger partial charge in [-0.25, -0.2) is 0 Å². The predicted molar refractivity (Wildman–Crippen MR) is 107 cm³/mol. The third-order valence-electron chi connectivity index (χ3n) is 2.65. The van der Waals surface area contributed by atoms with Crippen molar-refractivity contribution in [3.63, 3.8) is 0 Å². The first kappa shape index (κ1) is 24.7. The molecular weight excluding hydrogens is 447 g/mol. The summed E-state index contributed by atoms with van der Waals surface area (Å²) < 4.78 is 3.08. The van der Waals surface area contributed by atoms with Gasteiger partial charge >= 0.3 is 89.0 Å². The molecule has 0 aliphatic rings. The molecular formula is C22H24O4Sn. The Kier molecular flexibility index (Phi) is 13.5. The summed E-state index contributed by atoms with van der Waals surface area (Å²) in [6.45, 7) is 5.39. The summed E-state index contributed by atoms with van der Waals surface area (Å²) in [5, 5.41) is 20.0. The molecule has 4 nitrogen and oxygen atoms in total. The molecule has 0 bridgehead atoms. The molecule has 0 spiro atoms. The Morgan fingerprint density at radius 1 is 0.667 bits per heavy atom. The minimum absolute atomic E-state index is 0.187. The van der Waals surface area contributed by atoms with E-state index in [9.17, 15) is 19.8 Å². The van der Waals surface area contributed by atoms with Gasteiger partial charge in [-0.15, -0.1) is 11.5 Å². The second kappa shape index (κ2) is 14.8. The van der Waals surface area contributed by atoms with Crippen LogP contribution in [0.25, 0.3) is 0 Å². The van der Waals surface area contributed by atoms with E-state index in [0.29, 0.717) is 0 Å². The van der Waals surface area contributed by atoms with Crippen LogP contribution in [0.2, 0.25) is 0 Å². The summed E-state index contributed by atoms with van der Waals surface area (Å²) in [6.07, 6.45) is 2.11. The van der Waals surface area contributed by atoms with E-state index in [0.717, 1.165) is 12.2 Å². The van der Waals surface area contributed by atoms with Crippen molar-refractivity contribution in [2.75, 3.05) is 0 Å². The fourth-order valence-electron chi connectivity index (χ4n) is 1.78. The number of hydrogen-bond acceptors (Lipinski definition) is 4. The molecule has 140 valence electrons. The molecule has 2 aromatic rings. The molecule has 0 radical (unpaired) electrons. The summed E-state index contributed by atoms with van der Waals surface area (Å²) in [4.78, 5) is 20.0. The van der Waals surface area contributed by atoms with Gasteiger partial charge in [-0.1, -0.05) is 13.8 Å². The number of hydrogen-bond donors (Lipinski definition) is 0. The van der Waals surface area contributed by atoms with E-state index in [1.165, 1.54) is 34.9 Å². The van der Waals surface area contributed by atoms with Gasteiger partial charge < -0.3 is 10.2 Å². The van der Waals surface area contributed by atoms with Crippen molar-refractivity contribution >= 4 is 39.9 Å². The van der Waals surface area contributed by atoms with Crippen molar-refractivity contribution in [3.8, 4) is 0 Å². The first-order valence-electron chi connectivity index (χ1n) is 8.29. The van der Waals surface area contributed by atoms with Crippen LogP contribution in [-0.4, -0.2) is 32.7 Å². The molecule has 0 saturated carbocycles. The maximum absolute atomic E-state index is 9.98. The topological polar surface area (TPSA) is 80.3 Å². The monoisotopic (exact) mass is 472 g/mol. The van der Waals surface area contributed by atoms with Gasteiger partial charge in [0.15, 0.2) is 11.6 Å². The first-order valence-corrected chi connectivity index (χ1v) is 11.1. The summed E-state index contributed by atoms with van der Waals surface area (Å²) in [5.41, 5.74) is 0.